The van der Waals surface area contributed by atoms with Crippen LogP contribution in [0.15, 0.2) is 24.3 Å². The molecule has 154 valence electrons. The summed E-state index contributed by atoms with van der Waals surface area (Å²) in [6.07, 6.45) is 4.92. The highest BCUT2D eigenvalue weighted by Gasteiger charge is 2.21. The van der Waals surface area contributed by atoms with Crippen LogP contribution in [-0.4, -0.2) is 28.7 Å². The van der Waals surface area contributed by atoms with Crippen molar-refractivity contribution in [3.8, 4) is 11.3 Å². The van der Waals surface area contributed by atoms with Gasteiger partial charge in [0.25, 0.3) is 0 Å². The SMILES string of the molecule is CC.CC(=O)COC1CCCc2c(-c3ccc(CN)cc3)nnc(C)c2CC1.[HH]. The Balaban J connectivity index is 0.00000136. The van der Waals surface area contributed by atoms with E-state index >= 15 is 0 Å². The third-order valence-electron chi connectivity index (χ3n) is 5.04. The summed E-state index contributed by atoms with van der Waals surface area (Å²) in [6, 6.07) is 8.27. The fraction of sp³-hybridized carbons (Fsp3) is 0.522. The fourth-order valence-corrected chi connectivity index (χ4v) is 3.60. The maximum absolute atomic E-state index is 11.2. The second-order valence-electron chi connectivity index (χ2n) is 7.06. The molecule has 0 saturated heterocycles. The number of fused-ring (bicyclic) bond motifs is 1. The van der Waals surface area contributed by atoms with Gasteiger partial charge in [-0.3, -0.25) is 4.79 Å². The van der Waals surface area contributed by atoms with Gasteiger partial charge in [-0.05, 0) is 62.6 Å². The van der Waals surface area contributed by atoms with Crippen molar-refractivity contribution in [1.29, 1.82) is 0 Å². The van der Waals surface area contributed by atoms with Gasteiger partial charge in [0.05, 0.1) is 17.5 Å². The number of ketones is 1. The van der Waals surface area contributed by atoms with E-state index in [0.29, 0.717) is 6.54 Å². The Labute approximate surface area is 170 Å². The highest BCUT2D eigenvalue weighted by molar-refractivity contribution is 5.76. The summed E-state index contributed by atoms with van der Waals surface area (Å²) in [5, 5.41) is 8.92. The zero-order valence-electron chi connectivity index (χ0n) is 17.6. The van der Waals surface area contributed by atoms with Crippen LogP contribution < -0.4 is 5.73 Å². The van der Waals surface area contributed by atoms with Crippen molar-refractivity contribution < 1.29 is 11.0 Å². The lowest BCUT2D eigenvalue weighted by molar-refractivity contribution is -0.123. The normalized spacial score (nSPS) is 16.2. The van der Waals surface area contributed by atoms with Crippen molar-refractivity contribution in [2.75, 3.05) is 6.61 Å². The fourth-order valence-electron chi connectivity index (χ4n) is 3.60. The number of carbonyl (C=O) groups is 1. The molecule has 2 N–H and O–H groups in total. The second-order valence-corrected chi connectivity index (χ2v) is 7.06. The molecule has 0 radical (unpaired) electrons. The topological polar surface area (TPSA) is 78.1 Å². The lowest BCUT2D eigenvalue weighted by Crippen LogP contribution is -2.21. The summed E-state index contributed by atoms with van der Waals surface area (Å²) in [5.41, 5.74) is 12.5. The van der Waals surface area contributed by atoms with E-state index in [-0.39, 0.29) is 19.9 Å². The van der Waals surface area contributed by atoms with Gasteiger partial charge >= 0.3 is 0 Å². The lowest BCUT2D eigenvalue weighted by atomic mass is 9.89. The van der Waals surface area contributed by atoms with Crippen LogP contribution in [0.1, 0.15) is 63.8 Å². The Bertz CT molecular complexity index is 778. The van der Waals surface area contributed by atoms with Crippen LogP contribution in [0.5, 0.6) is 0 Å². The predicted octanol–water partition coefficient (Wildman–Crippen LogP) is 4.43. The van der Waals surface area contributed by atoms with Crippen molar-refractivity contribution in [3.05, 3.63) is 46.6 Å². The van der Waals surface area contributed by atoms with Crippen molar-refractivity contribution in [2.45, 2.75) is 72.4 Å². The summed E-state index contributed by atoms with van der Waals surface area (Å²) in [7, 11) is 0. The summed E-state index contributed by atoms with van der Waals surface area (Å²) >= 11 is 0. The molecule has 0 saturated carbocycles. The molecule has 1 atom stereocenters. The van der Waals surface area contributed by atoms with E-state index in [4.69, 9.17) is 10.5 Å². The largest absolute Gasteiger partial charge is 0.370 e. The van der Waals surface area contributed by atoms with Crippen LogP contribution >= 0.6 is 0 Å². The molecule has 1 aromatic heterocycles. The van der Waals surface area contributed by atoms with Gasteiger partial charge in [-0.25, -0.2) is 0 Å². The second kappa shape index (κ2) is 11.0. The third-order valence-corrected chi connectivity index (χ3v) is 5.04. The number of nitrogens with two attached hydrogens (primary N) is 1. The van der Waals surface area contributed by atoms with Gasteiger partial charge in [0, 0.05) is 13.5 Å². The summed E-state index contributed by atoms with van der Waals surface area (Å²) in [6.45, 7) is 8.35. The molecule has 0 amide bonds. The van der Waals surface area contributed by atoms with Crippen molar-refractivity contribution in [2.24, 2.45) is 5.73 Å². The van der Waals surface area contributed by atoms with Crippen LogP contribution in [0.25, 0.3) is 11.3 Å². The molecule has 1 unspecified atom stereocenters. The average Bonchev–Trinajstić information content (AvgIpc) is 2.70. The molecule has 1 aliphatic rings. The number of hydrogen-bond donors (Lipinski definition) is 1. The Morgan fingerprint density at radius 1 is 1.14 bits per heavy atom. The number of aryl methyl sites for hydroxylation is 1. The Kier molecular flexibility index (Phi) is 8.74. The first-order valence-corrected chi connectivity index (χ1v) is 10.3. The highest BCUT2D eigenvalue weighted by Crippen LogP contribution is 2.30. The Morgan fingerprint density at radius 3 is 2.50 bits per heavy atom. The quantitative estimate of drug-likeness (QED) is 0.824. The highest BCUT2D eigenvalue weighted by atomic mass is 16.5. The maximum Gasteiger partial charge on any atom is 0.155 e. The smallest absolute Gasteiger partial charge is 0.155 e. The van der Waals surface area contributed by atoms with Crippen LogP contribution in [0.4, 0.5) is 0 Å². The van der Waals surface area contributed by atoms with E-state index in [2.05, 4.69) is 34.5 Å². The van der Waals surface area contributed by atoms with Crippen LogP contribution in [-0.2, 0) is 28.9 Å². The number of Topliss-reactive ketones (excluding diaryl/α,β-unsaturated/α-hetero) is 1. The number of rotatable bonds is 5. The summed E-state index contributed by atoms with van der Waals surface area (Å²) in [4.78, 5) is 11.2. The third kappa shape index (κ3) is 5.69. The van der Waals surface area contributed by atoms with Gasteiger partial charge in [0.2, 0.25) is 0 Å². The minimum atomic E-state index is 0. The molecule has 28 heavy (non-hydrogen) atoms. The Morgan fingerprint density at radius 2 is 1.86 bits per heavy atom. The van der Waals surface area contributed by atoms with Crippen LogP contribution in [0.2, 0.25) is 0 Å². The van der Waals surface area contributed by atoms with Gasteiger partial charge in [-0.1, -0.05) is 38.1 Å². The van der Waals surface area contributed by atoms with Gasteiger partial charge in [-0.15, -0.1) is 5.10 Å². The number of aromatic nitrogens is 2. The lowest BCUT2D eigenvalue weighted by Gasteiger charge is -2.23. The zero-order chi connectivity index (χ0) is 20.5. The van der Waals surface area contributed by atoms with Gasteiger partial charge in [0.15, 0.2) is 5.78 Å². The molecule has 1 aromatic carbocycles. The molecule has 0 fully saturated rings. The van der Waals surface area contributed by atoms with Crippen molar-refractivity contribution in [3.63, 3.8) is 0 Å². The molecule has 0 spiro atoms. The van der Waals surface area contributed by atoms with Crippen LogP contribution in [0, 0.1) is 6.92 Å². The average molecular weight is 386 g/mol. The molecular weight excluding hydrogens is 350 g/mol. The van der Waals surface area contributed by atoms with E-state index in [1.165, 1.54) is 11.1 Å². The number of carbonyl (C=O) groups excluding carboxylic acids is 1. The summed E-state index contributed by atoms with van der Waals surface area (Å²) in [5.74, 6) is 0.0812. The van der Waals surface area contributed by atoms with Crippen molar-refractivity contribution >= 4 is 5.78 Å². The summed E-state index contributed by atoms with van der Waals surface area (Å²) < 4.78 is 5.78. The number of benzene rings is 1. The van der Waals surface area contributed by atoms with E-state index < -0.39 is 0 Å². The molecule has 0 bridgehead atoms. The first-order valence-electron chi connectivity index (χ1n) is 10.3. The molecule has 0 aliphatic heterocycles. The monoisotopic (exact) mass is 385 g/mol. The van der Waals surface area contributed by atoms with Gasteiger partial charge in [-0.2, -0.15) is 5.10 Å². The first kappa shape index (κ1) is 22.2. The molecule has 1 heterocycles. The number of ether oxygens (including phenoxy) is 1. The van der Waals surface area contributed by atoms with E-state index in [1.807, 2.05) is 20.8 Å². The molecule has 5 heteroatoms. The number of hydrogen-bond acceptors (Lipinski definition) is 5. The van der Waals surface area contributed by atoms with Gasteiger partial charge in [0.1, 0.15) is 6.61 Å². The standard InChI is InChI=1S/C21H27N3O2.C2H6.H2/c1-14(25)13-26-18-4-3-5-20-19(11-10-18)15(2)23-24-21(20)17-8-6-16(12-22)7-9-17;1-2;/h6-9,18H,3-5,10-13,22H2,1-2H3;1-2H3;1H. The van der Waals surface area contributed by atoms with Gasteiger partial charge < -0.3 is 10.5 Å². The number of nitrogens with zero attached hydrogens (tertiary/aromatic N) is 2. The molecule has 1 aliphatic carbocycles. The van der Waals surface area contributed by atoms with E-state index in [9.17, 15) is 4.79 Å². The van der Waals surface area contributed by atoms with Crippen molar-refractivity contribution in [1.82, 2.24) is 10.2 Å². The first-order chi connectivity index (χ1) is 13.6. The zero-order valence-corrected chi connectivity index (χ0v) is 17.6. The maximum atomic E-state index is 11.2. The molecule has 3 rings (SSSR count). The minimum absolute atomic E-state index is 0. The molecule has 2 aromatic rings. The molecular formula is C23H35N3O2. The van der Waals surface area contributed by atoms with Crippen LogP contribution in [0.3, 0.4) is 0 Å². The van der Waals surface area contributed by atoms with E-state index in [0.717, 1.165) is 54.6 Å². The Hall–Kier alpha value is -2.11. The van der Waals surface area contributed by atoms with E-state index in [1.54, 1.807) is 6.92 Å². The predicted molar refractivity (Wildman–Crippen MR) is 115 cm³/mol. The molecule has 5 nitrogen and oxygen atoms in total. The minimum Gasteiger partial charge on any atom is -0.370 e.